The largest absolute Gasteiger partial charge is 0.370 e. The quantitative estimate of drug-likeness (QED) is 0.618. The number of nitrogens with zero attached hydrogens (tertiary/aromatic N) is 1. The maximum Gasteiger partial charge on any atom is 0.200 e. The number of pyridine rings is 1. The topological polar surface area (TPSA) is 60.5 Å². The lowest BCUT2D eigenvalue weighted by Crippen LogP contribution is -2.13. The fourth-order valence-corrected chi connectivity index (χ4v) is 2.40. The predicted octanol–water partition coefficient (Wildman–Crippen LogP) is 3.69. The molecule has 5 nitrogen and oxygen atoms in total. The molecular formula is C17H19ClN2O3. The standard InChI is InChI=1S/C17H19ClN2O3/c1-4-19-16-13(8-9-14(20-16)17(22-2)23-3)15(21)11-6-5-7-12(18)10-11/h5-10,17H,4H2,1-3H3,(H,19,20). The second kappa shape index (κ2) is 8.06. The normalized spacial score (nSPS) is 10.8. The number of carbonyl (C=O) groups excluding carboxylic acids is 1. The Morgan fingerprint density at radius 2 is 2.00 bits per heavy atom. The third-order valence-electron chi connectivity index (χ3n) is 3.26. The van der Waals surface area contributed by atoms with Gasteiger partial charge in [0, 0.05) is 31.4 Å². The van der Waals surface area contributed by atoms with E-state index in [0.717, 1.165) is 0 Å². The van der Waals surface area contributed by atoms with Crippen LogP contribution in [0.2, 0.25) is 5.02 Å². The molecule has 6 heteroatoms. The van der Waals surface area contributed by atoms with Crippen molar-refractivity contribution in [2.45, 2.75) is 13.2 Å². The SMILES string of the molecule is CCNc1nc(C(OC)OC)ccc1C(=O)c1cccc(Cl)c1. The number of aromatic nitrogens is 1. The minimum Gasteiger partial charge on any atom is -0.370 e. The van der Waals surface area contributed by atoms with Crippen molar-refractivity contribution < 1.29 is 14.3 Å². The molecule has 0 spiro atoms. The van der Waals surface area contributed by atoms with Crippen molar-refractivity contribution >= 4 is 23.2 Å². The van der Waals surface area contributed by atoms with Crippen LogP contribution < -0.4 is 5.32 Å². The van der Waals surface area contributed by atoms with Crippen molar-refractivity contribution in [3.8, 4) is 0 Å². The first-order valence-corrected chi connectivity index (χ1v) is 7.59. The Morgan fingerprint density at radius 1 is 1.26 bits per heavy atom. The maximum atomic E-state index is 12.7. The molecule has 1 aromatic carbocycles. The molecule has 122 valence electrons. The van der Waals surface area contributed by atoms with E-state index in [1.807, 2.05) is 6.92 Å². The highest BCUT2D eigenvalue weighted by Gasteiger charge is 2.18. The highest BCUT2D eigenvalue weighted by Crippen LogP contribution is 2.23. The molecule has 0 amide bonds. The lowest BCUT2D eigenvalue weighted by atomic mass is 10.0. The fourth-order valence-electron chi connectivity index (χ4n) is 2.21. The number of carbonyl (C=O) groups is 1. The molecular weight excluding hydrogens is 316 g/mol. The molecule has 0 aliphatic carbocycles. The second-order valence-corrected chi connectivity index (χ2v) is 5.24. The Hall–Kier alpha value is -1.95. The van der Waals surface area contributed by atoms with Gasteiger partial charge in [-0.1, -0.05) is 23.7 Å². The molecule has 2 aromatic rings. The number of halogens is 1. The van der Waals surface area contributed by atoms with Crippen LogP contribution in [-0.4, -0.2) is 31.5 Å². The summed E-state index contributed by atoms with van der Waals surface area (Å²) in [5, 5.41) is 3.63. The van der Waals surface area contributed by atoms with E-state index < -0.39 is 6.29 Å². The van der Waals surface area contributed by atoms with Gasteiger partial charge in [-0.05, 0) is 31.2 Å². The smallest absolute Gasteiger partial charge is 0.200 e. The number of ketones is 1. The summed E-state index contributed by atoms with van der Waals surface area (Å²) in [6.45, 7) is 2.57. The zero-order valence-electron chi connectivity index (χ0n) is 13.3. The van der Waals surface area contributed by atoms with Crippen LogP contribution >= 0.6 is 11.6 Å². The first-order valence-electron chi connectivity index (χ1n) is 7.21. The van der Waals surface area contributed by atoms with Crippen molar-refractivity contribution in [2.24, 2.45) is 0 Å². The van der Waals surface area contributed by atoms with Gasteiger partial charge >= 0.3 is 0 Å². The Labute approximate surface area is 140 Å². The van der Waals surface area contributed by atoms with E-state index in [9.17, 15) is 4.79 Å². The highest BCUT2D eigenvalue weighted by molar-refractivity contribution is 6.31. The van der Waals surface area contributed by atoms with E-state index in [1.54, 1.807) is 36.4 Å². The number of rotatable bonds is 7. The molecule has 0 aliphatic heterocycles. The van der Waals surface area contributed by atoms with Crippen molar-refractivity contribution in [3.05, 3.63) is 58.2 Å². The van der Waals surface area contributed by atoms with Crippen molar-refractivity contribution in [1.29, 1.82) is 0 Å². The number of ether oxygens (including phenoxy) is 2. The Balaban J connectivity index is 2.43. The zero-order valence-corrected chi connectivity index (χ0v) is 14.1. The summed E-state index contributed by atoms with van der Waals surface area (Å²) in [5.74, 6) is 0.350. The molecule has 2 rings (SSSR count). The summed E-state index contributed by atoms with van der Waals surface area (Å²) in [4.78, 5) is 17.2. The molecule has 0 fully saturated rings. The monoisotopic (exact) mass is 334 g/mol. The lowest BCUT2D eigenvalue weighted by Gasteiger charge is -2.16. The van der Waals surface area contributed by atoms with E-state index in [4.69, 9.17) is 21.1 Å². The number of methoxy groups -OCH3 is 2. The molecule has 0 radical (unpaired) electrons. The van der Waals surface area contributed by atoms with Crippen molar-refractivity contribution in [1.82, 2.24) is 4.98 Å². The van der Waals surface area contributed by atoms with Crippen LogP contribution in [0.1, 0.15) is 34.8 Å². The fraction of sp³-hybridized carbons (Fsp3) is 0.294. The summed E-state index contributed by atoms with van der Waals surface area (Å²) in [6, 6.07) is 10.3. The van der Waals surface area contributed by atoms with Gasteiger partial charge in [-0.25, -0.2) is 4.98 Å². The van der Waals surface area contributed by atoms with Gasteiger partial charge in [0.15, 0.2) is 5.78 Å². The Kier molecular flexibility index (Phi) is 6.10. The molecule has 23 heavy (non-hydrogen) atoms. The summed E-state index contributed by atoms with van der Waals surface area (Å²) in [7, 11) is 3.07. The van der Waals surface area contributed by atoms with Gasteiger partial charge in [0.2, 0.25) is 6.29 Å². The zero-order chi connectivity index (χ0) is 16.8. The van der Waals surface area contributed by atoms with Crippen molar-refractivity contribution in [3.63, 3.8) is 0 Å². The lowest BCUT2D eigenvalue weighted by molar-refractivity contribution is -0.108. The molecule has 0 aliphatic rings. The minimum atomic E-state index is -0.581. The first kappa shape index (κ1) is 17.4. The summed E-state index contributed by atoms with van der Waals surface area (Å²) < 4.78 is 10.4. The van der Waals surface area contributed by atoms with Gasteiger partial charge in [-0.3, -0.25) is 4.79 Å². The molecule has 0 saturated carbocycles. The van der Waals surface area contributed by atoms with Gasteiger partial charge in [0.25, 0.3) is 0 Å². The molecule has 0 bridgehead atoms. The summed E-state index contributed by atoms with van der Waals surface area (Å²) in [6.07, 6.45) is -0.581. The Morgan fingerprint density at radius 3 is 2.61 bits per heavy atom. The van der Waals surface area contributed by atoms with Gasteiger partial charge in [-0.2, -0.15) is 0 Å². The van der Waals surface area contributed by atoms with Crippen LogP contribution in [0, 0.1) is 0 Å². The number of benzene rings is 1. The second-order valence-electron chi connectivity index (χ2n) is 4.81. The van der Waals surface area contributed by atoms with Crippen molar-refractivity contribution in [2.75, 3.05) is 26.1 Å². The highest BCUT2D eigenvalue weighted by atomic mass is 35.5. The van der Waals surface area contributed by atoms with Crippen LogP contribution in [0.25, 0.3) is 0 Å². The maximum absolute atomic E-state index is 12.7. The van der Waals surface area contributed by atoms with E-state index >= 15 is 0 Å². The number of hydrogen-bond acceptors (Lipinski definition) is 5. The van der Waals surface area contributed by atoms with Gasteiger partial charge in [0.1, 0.15) is 5.82 Å². The van der Waals surface area contributed by atoms with E-state index in [-0.39, 0.29) is 5.78 Å². The average Bonchev–Trinajstić information content (AvgIpc) is 2.56. The van der Waals surface area contributed by atoms with Crippen LogP contribution in [-0.2, 0) is 9.47 Å². The first-order chi connectivity index (χ1) is 11.1. The predicted molar refractivity (Wildman–Crippen MR) is 90.0 cm³/mol. The molecule has 0 unspecified atom stereocenters. The number of anilines is 1. The molecule has 0 saturated heterocycles. The van der Waals surface area contributed by atoms with Gasteiger partial charge in [-0.15, -0.1) is 0 Å². The number of hydrogen-bond donors (Lipinski definition) is 1. The van der Waals surface area contributed by atoms with E-state index in [2.05, 4.69) is 10.3 Å². The van der Waals surface area contributed by atoms with Gasteiger partial charge < -0.3 is 14.8 Å². The molecule has 1 N–H and O–H groups in total. The van der Waals surface area contributed by atoms with Crippen LogP contribution in [0.15, 0.2) is 36.4 Å². The van der Waals surface area contributed by atoms with Crippen LogP contribution in [0.4, 0.5) is 5.82 Å². The summed E-state index contributed by atoms with van der Waals surface area (Å²) >= 11 is 5.97. The Bertz CT molecular complexity index is 687. The third-order valence-corrected chi connectivity index (χ3v) is 3.50. The van der Waals surface area contributed by atoms with Crippen LogP contribution in [0.5, 0.6) is 0 Å². The summed E-state index contributed by atoms with van der Waals surface area (Å²) in [5.41, 5.74) is 1.58. The van der Waals surface area contributed by atoms with Crippen LogP contribution in [0.3, 0.4) is 0 Å². The minimum absolute atomic E-state index is 0.145. The van der Waals surface area contributed by atoms with E-state index in [1.165, 1.54) is 14.2 Å². The molecule has 1 aromatic heterocycles. The third kappa shape index (κ3) is 4.07. The molecule has 1 heterocycles. The molecule has 0 atom stereocenters. The average molecular weight is 335 g/mol. The van der Waals surface area contributed by atoms with Gasteiger partial charge in [0.05, 0.1) is 11.3 Å². The number of nitrogens with one attached hydrogen (secondary N) is 1. The van der Waals surface area contributed by atoms with E-state index in [0.29, 0.717) is 34.2 Å².